The lowest BCUT2D eigenvalue weighted by molar-refractivity contribution is 0.153. The fourth-order valence-electron chi connectivity index (χ4n) is 2.93. The molecule has 0 radical (unpaired) electrons. The highest BCUT2D eigenvalue weighted by Gasteiger charge is 2.29. The molecule has 1 atom stereocenters. The first kappa shape index (κ1) is 13.3. The lowest BCUT2D eigenvalue weighted by atomic mass is 10.0. The quantitative estimate of drug-likeness (QED) is 0.834. The number of piperidine rings is 1. The second kappa shape index (κ2) is 6.19. The van der Waals surface area contributed by atoms with E-state index in [1.54, 1.807) is 5.54 Å². The van der Waals surface area contributed by atoms with Crippen molar-refractivity contribution in [2.24, 2.45) is 5.73 Å². The van der Waals surface area contributed by atoms with E-state index in [0.717, 1.165) is 25.4 Å². The molecule has 2 saturated heterocycles. The Hall–Kier alpha value is -0.0900. The summed E-state index contributed by atoms with van der Waals surface area (Å²) in [6, 6.07) is 1.18. The van der Waals surface area contributed by atoms with Gasteiger partial charge in [-0.1, -0.05) is 11.6 Å². The van der Waals surface area contributed by atoms with Gasteiger partial charge in [-0.3, -0.25) is 9.80 Å². The van der Waals surface area contributed by atoms with Gasteiger partial charge in [0.1, 0.15) is 0 Å². The van der Waals surface area contributed by atoms with Crippen LogP contribution in [-0.4, -0.2) is 54.6 Å². The predicted molar refractivity (Wildman–Crippen MR) is 73.2 cm³/mol. The van der Waals surface area contributed by atoms with Gasteiger partial charge in [0.25, 0.3) is 0 Å². The molecule has 0 amide bonds. The van der Waals surface area contributed by atoms with Crippen LogP contribution in [0.2, 0.25) is 0 Å². The van der Waals surface area contributed by atoms with Crippen molar-refractivity contribution in [1.82, 2.24) is 9.80 Å². The summed E-state index contributed by atoms with van der Waals surface area (Å²) in [7, 11) is 0. The standard InChI is InChI=1S/C13H24ClN3/c1-11(8-14)9-16-5-4-13(10-16)17-6-2-12(15)3-7-17/h8,12-13H,2-7,9-10,15H2,1H3. The summed E-state index contributed by atoms with van der Waals surface area (Å²) in [6.45, 7) is 7.88. The van der Waals surface area contributed by atoms with Gasteiger partial charge in [-0.25, -0.2) is 0 Å². The third-order valence-electron chi connectivity index (χ3n) is 4.00. The van der Waals surface area contributed by atoms with E-state index < -0.39 is 0 Å². The van der Waals surface area contributed by atoms with Gasteiger partial charge in [-0.2, -0.15) is 0 Å². The third-order valence-corrected chi connectivity index (χ3v) is 4.37. The van der Waals surface area contributed by atoms with Gasteiger partial charge in [0.05, 0.1) is 0 Å². The van der Waals surface area contributed by atoms with Gasteiger partial charge in [0.15, 0.2) is 0 Å². The van der Waals surface area contributed by atoms with E-state index in [2.05, 4.69) is 16.7 Å². The Labute approximate surface area is 110 Å². The number of likely N-dealkylation sites (tertiary alicyclic amines) is 2. The molecule has 2 heterocycles. The highest BCUT2D eigenvalue weighted by Crippen LogP contribution is 2.20. The first-order valence-corrected chi connectivity index (χ1v) is 7.10. The van der Waals surface area contributed by atoms with Crippen molar-refractivity contribution in [3.05, 3.63) is 11.1 Å². The van der Waals surface area contributed by atoms with Crippen LogP contribution in [0.15, 0.2) is 11.1 Å². The molecule has 0 bridgehead atoms. The highest BCUT2D eigenvalue weighted by atomic mass is 35.5. The van der Waals surface area contributed by atoms with Crippen LogP contribution in [-0.2, 0) is 0 Å². The number of hydrogen-bond donors (Lipinski definition) is 1. The molecule has 3 nitrogen and oxygen atoms in total. The van der Waals surface area contributed by atoms with Gasteiger partial charge >= 0.3 is 0 Å². The molecular formula is C13H24ClN3. The number of halogens is 1. The van der Waals surface area contributed by atoms with E-state index in [0.29, 0.717) is 6.04 Å². The maximum Gasteiger partial charge on any atom is 0.0235 e. The van der Waals surface area contributed by atoms with E-state index >= 15 is 0 Å². The molecule has 2 aliphatic heterocycles. The third kappa shape index (κ3) is 3.68. The lowest BCUT2D eigenvalue weighted by Gasteiger charge is -2.34. The van der Waals surface area contributed by atoms with Crippen molar-refractivity contribution in [3.8, 4) is 0 Å². The van der Waals surface area contributed by atoms with Crippen LogP contribution in [0.3, 0.4) is 0 Å². The molecule has 2 aliphatic rings. The monoisotopic (exact) mass is 257 g/mol. The maximum absolute atomic E-state index is 5.95. The van der Waals surface area contributed by atoms with Gasteiger partial charge < -0.3 is 5.73 Å². The minimum atomic E-state index is 0.435. The maximum atomic E-state index is 5.95. The van der Waals surface area contributed by atoms with Crippen molar-refractivity contribution >= 4 is 11.6 Å². The second-order valence-electron chi connectivity index (χ2n) is 5.51. The Bertz CT molecular complexity index is 272. The topological polar surface area (TPSA) is 32.5 Å². The fourth-order valence-corrected chi connectivity index (χ4v) is 2.99. The number of nitrogens with zero attached hydrogens (tertiary/aromatic N) is 2. The molecule has 0 saturated carbocycles. The minimum Gasteiger partial charge on any atom is -0.328 e. The van der Waals surface area contributed by atoms with Gasteiger partial charge in [0.2, 0.25) is 0 Å². The summed E-state index contributed by atoms with van der Waals surface area (Å²) in [5.74, 6) is 0. The minimum absolute atomic E-state index is 0.435. The lowest BCUT2D eigenvalue weighted by Crippen LogP contribution is -2.46. The molecule has 0 aromatic rings. The van der Waals surface area contributed by atoms with Crippen molar-refractivity contribution in [3.63, 3.8) is 0 Å². The summed E-state index contributed by atoms with van der Waals surface area (Å²) >= 11 is 5.72. The number of rotatable bonds is 3. The summed E-state index contributed by atoms with van der Waals surface area (Å²) in [6.07, 6.45) is 3.62. The van der Waals surface area contributed by atoms with Crippen LogP contribution in [0.25, 0.3) is 0 Å². The van der Waals surface area contributed by atoms with Gasteiger partial charge in [-0.05, 0) is 44.8 Å². The van der Waals surface area contributed by atoms with Crippen LogP contribution >= 0.6 is 11.6 Å². The van der Waals surface area contributed by atoms with Crippen LogP contribution in [0.4, 0.5) is 0 Å². The first-order valence-electron chi connectivity index (χ1n) is 6.67. The summed E-state index contributed by atoms with van der Waals surface area (Å²) in [5, 5.41) is 0. The molecule has 0 spiro atoms. The molecule has 2 fully saturated rings. The Morgan fingerprint density at radius 2 is 2.00 bits per heavy atom. The molecule has 0 aromatic heterocycles. The van der Waals surface area contributed by atoms with Crippen LogP contribution in [0, 0.1) is 0 Å². The normalized spacial score (nSPS) is 30.1. The molecule has 98 valence electrons. The van der Waals surface area contributed by atoms with Crippen LogP contribution < -0.4 is 5.73 Å². The zero-order chi connectivity index (χ0) is 12.3. The highest BCUT2D eigenvalue weighted by molar-refractivity contribution is 6.25. The number of nitrogens with two attached hydrogens (primary N) is 1. The number of hydrogen-bond acceptors (Lipinski definition) is 3. The van der Waals surface area contributed by atoms with E-state index in [1.165, 1.54) is 38.2 Å². The Morgan fingerprint density at radius 3 is 2.65 bits per heavy atom. The summed E-state index contributed by atoms with van der Waals surface area (Å²) in [4.78, 5) is 5.14. The van der Waals surface area contributed by atoms with Crippen molar-refractivity contribution in [1.29, 1.82) is 0 Å². The van der Waals surface area contributed by atoms with Crippen LogP contribution in [0.5, 0.6) is 0 Å². The average molecular weight is 258 g/mol. The molecule has 17 heavy (non-hydrogen) atoms. The van der Waals surface area contributed by atoms with E-state index in [4.69, 9.17) is 17.3 Å². The summed E-state index contributed by atoms with van der Waals surface area (Å²) in [5.41, 5.74) is 8.91. The Balaban J connectivity index is 1.77. The molecule has 0 aromatic carbocycles. The van der Waals surface area contributed by atoms with Gasteiger partial charge in [0, 0.05) is 37.3 Å². The molecular weight excluding hydrogens is 234 g/mol. The largest absolute Gasteiger partial charge is 0.328 e. The van der Waals surface area contributed by atoms with Crippen molar-refractivity contribution < 1.29 is 0 Å². The molecule has 2 N–H and O–H groups in total. The van der Waals surface area contributed by atoms with Crippen molar-refractivity contribution in [2.75, 3.05) is 32.7 Å². The Kier molecular flexibility index (Phi) is 4.86. The molecule has 4 heteroatoms. The van der Waals surface area contributed by atoms with Crippen LogP contribution in [0.1, 0.15) is 26.2 Å². The van der Waals surface area contributed by atoms with Crippen molar-refractivity contribution in [2.45, 2.75) is 38.3 Å². The molecule has 2 rings (SSSR count). The molecule has 1 unspecified atom stereocenters. The summed E-state index contributed by atoms with van der Waals surface area (Å²) < 4.78 is 0. The van der Waals surface area contributed by atoms with E-state index in [-0.39, 0.29) is 0 Å². The molecule has 0 aliphatic carbocycles. The zero-order valence-corrected chi connectivity index (χ0v) is 11.5. The average Bonchev–Trinajstić information content (AvgIpc) is 2.78. The Morgan fingerprint density at radius 1 is 1.29 bits per heavy atom. The zero-order valence-electron chi connectivity index (χ0n) is 10.7. The first-order chi connectivity index (χ1) is 8.19. The second-order valence-corrected chi connectivity index (χ2v) is 5.72. The SMILES string of the molecule is CC(=CCl)CN1CCC(N2CCC(N)CC2)C1. The predicted octanol–water partition coefficient (Wildman–Crippen LogP) is 1.63. The van der Waals surface area contributed by atoms with E-state index in [1.807, 2.05) is 0 Å². The smallest absolute Gasteiger partial charge is 0.0235 e. The van der Waals surface area contributed by atoms with Gasteiger partial charge in [-0.15, -0.1) is 0 Å². The fraction of sp³-hybridized carbons (Fsp3) is 0.846. The van der Waals surface area contributed by atoms with E-state index in [9.17, 15) is 0 Å².